The largest absolute Gasteiger partial charge is 0.394 e. The van der Waals surface area contributed by atoms with E-state index in [1.807, 2.05) is 23.3 Å². The Bertz CT molecular complexity index is 389. The lowest BCUT2D eigenvalue weighted by molar-refractivity contribution is 0.0604. The fraction of sp³-hybridized carbons (Fsp3) is 0.615. The molecule has 94 valence electrons. The molecule has 0 spiro atoms. The van der Waals surface area contributed by atoms with Gasteiger partial charge in [0, 0.05) is 6.54 Å². The van der Waals surface area contributed by atoms with E-state index in [2.05, 4.69) is 0 Å². The summed E-state index contributed by atoms with van der Waals surface area (Å²) in [5.41, 5.74) is 1.04. The summed E-state index contributed by atoms with van der Waals surface area (Å²) >= 11 is 1.50. The second-order valence-corrected chi connectivity index (χ2v) is 5.53. The molecule has 1 aromatic heterocycles. The monoisotopic (exact) mass is 253 g/mol. The molecule has 1 saturated heterocycles. The van der Waals surface area contributed by atoms with Crippen LogP contribution in [0.15, 0.2) is 11.4 Å². The van der Waals surface area contributed by atoms with Crippen LogP contribution in [0.5, 0.6) is 0 Å². The van der Waals surface area contributed by atoms with Crippen molar-refractivity contribution in [2.75, 3.05) is 13.2 Å². The van der Waals surface area contributed by atoms with Crippen LogP contribution in [-0.4, -0.2) is 35.1 Å². The third-order valence-corrected chi connectivity index (χ3v) is 4.41. The van der Waals surface area contributed by atoms with E-state index in [4.69, 9.17) is 0 Å². The molecule has 1 atom stereocenters. The quantitative estimate of drug-likeness (QED) is 0.879. The van der Waals surface area contributed by atoms with E-state index in [-0.39, 0.29) is 18.6 Å². The Morgan fingerprint density at radius 3 is 3.00 bits per heavy atom. The van der Waals surface area contributed by atoms with Gasteiger partial charge in [-0.25, -0.2) is 0 Å². The lowest BCUT2D eigenvalue weighted by atomic mass is 10.1. The molecule has 1 aromatic rings. The zero-order valence-corrected chi connectivity index (χ0v) is 11.0. The van der Waals surface area contributed by atoms with Crippen LogP contribution in [0.4, 0.5) is 0 Å². The molecular weight excluding hydrogens is 234 g/mol. The van der Waals surface area contributed by atoms with Gasteiger partial charge in [0.05, 0.1) is 17.5 Å². The Morgan fingerprint density at radius 1 is 1.53 bits per heavy atom. The van der Waals surface area contributed by atoms with Gasteiger partial charge in [-0.3, -0.25) is 4.79 Å². The zero-order valence-electron chi connectivity index (χ0n) is 10.2. The van der Waals surface area contributed by atoms with Crippen molar-refractivity contribution < 1.29 is 9.90 Å². The van der Waals surface area contributed by atoms with E-state index < -0.39 is 0 Å². The number of aliphatic hydroxyl groups is 1. The van der Waals surface area contributed by atoms with Gasteiger partial charge in [0.2, 0.25) is 0 Å². The van der Waals surface area contributed by atoms with Crippen molar-refractivity contribution >= 4 is 17.2 Å². The standard InChI is InChI=1S/C13H19NO2S/c1-10-6-8-17-12(10)13(16)14-7-4-2-3-5-11(14)9-15/h6,8,11,15H,2-5,7,9H2,1H3. The summed E-state index contributed by atoms with van der Waals surface area (Å²) in [4.78, 5) is 15.1. The van der Waals surface area contributed by atoms with Crippen molar-refractivity contribution in [3.05, 3.63) is 21.9 Å². The highest BCUT2D eigenvalue weighted by molar-refractivity contribution is 7.12. The highest BCUT2D eigenvalue weighted by Crippen LogP contribution is 2.23. The van der Waals surface area contributed by atoms with Crippen LogP contribution in [0.25, 0.3) is 0 Å². The third-order valence-electron chi connectivity index (χ3n) is 3.41. The number of hydrogen-bond acceptors (Lipinski definition) is 3. The van der Waals surface area contributed by atoms with Gasteiger partial charge in [-0.05, 0) is 36.8 Å². The van der Waals surface area contributed by atoms with E-state index in [1.54, 1.807) is 0 Å². The number of carbonyl (C=O) groups is 1. The van der Waals surface area contributed by atoms with Gasteiger partial charge in [0.15, 0.2) is 0 Å². The predicted octanol–water partition coefficient (Wildman–Crippen LogP) is 2.43. The van der Waals surface area contributed by atoms with Crippen molar-refractivity contribution in [1.82, 2.24) is 4.90 Å². The van der Waals surface area contributed by atoms with E-state index >= 15 is 0 Å². The molecule has 17 heavy (non-hydrogen) atoms. The minimum absolute atomic E-state index is 0.00602. The molecule has 0 aromatic carbocycles. The molecule has 1 unspecified atom stereocenters. The number of rotatable bonds is 2. The highest BCUT2D eigenvalue weighted by Gasteiger charge is 2.26. The lowest BCUT2D eigenvalue weighted by Crippen LogP contribution is -2.42. The first kappa shape index (κ1) is 12.6. The van der Waals surface area contributed by atoms with Gasteiger partial charge >= 0.3 is 0 Å². The molecule has 0 radical (unpaired) electrons. The van der Waals surface area contributed by atoms with Crippen molar-refractivity contribution in [3.63, 3.8) is 0 Å². The molecule has 0 aliphatic carbocycles. The van der Waals surface area contributed by atoms with Crippen LogP contribution >= 0.6 is 11.3 Å². The van der Waals surface area contributed by atoms with E-state index in [0.29, 0.717) is 0 Å². The first-order chi connectivity index (χ1) is 8.24. The summed E-state index contributed by atoms with van der Waals surface area (Å²) < 4.78 is 0. The average molecular weight is 253 g/mol. The maximum Gasteiger partial charge on any atom is 0.264 e. The van der Waals surface area contributed by atoms with Crippen molar-refractivity contribution in [1.29, 1.82) is 0 Å². The number of hydrogen-bond donors (Lipinski definition) is 1. The molecule has 1 fully saturated rings. The Kier molecular flexibility index (Phi) is 4.18. The molecule has 3 nitrogen and oxygen atoms in total. The second kappa shape index (κ2) is 5.65. The number of aliphatic hydroxyl groups excluding tert-OH is 1. The molecule has 2 heterocycles. The van der Waals surface area contributed by atoms with E-state index in [0.717, 1.165) is 42.7 Å². The van der Waals surface area contributed by atoms with Gasteiger partial charge in [-0.1, -0.05) is 12.8 Å². The molecule has 1 aliphatic heterocycles. The zero-order chi connectivity index (χ0) is 12.3. The van der Waals surface area contributed by atoms with Gasteiger partial charge < -0.3 is 10.0 Å². The summed E-state index contributed by atoms with van der Waals surface area (Å²) in [5.74, 6) is 0.0958. The molecule has 1 N–H and O–H groups in total. The van der Waals surface area contributed by atoms with E-state index in [1.165, 1.54) is 11.3 Å². The molecule has 0 bridgehead atoms. The summed E-state index contributed by atoms with van der Waals surface area (Å²) in [6.45, 7) is 2.83. The Labute approximate surface area is 106 Å². The molecule has 1 aliphatic rings. The number of amides is 1. The Hall–Kier alpha value is -0.870. The molecule has 4 heteroatoms. The summed E-state index contributed by atoms with van der Waals surface area (Å²) in [5, 5.41) is 11.4. The van der Waals surface area contributed by atoms with Gasteiger partial charge in [-0.15, -0.1) is 11.3 Å². The number of carbonyl (C=O) groups excluding carboxylic acids is 1. The fourth-order valence-corrected chi connectivity index (χ4v) is 3.24. The fourth-order valence-electron chi connectivity index (χ4n) is 2.36. The smallest absolute Gasteiger partial charge is 0.264 e. The molecule has 1 amide bonds. The molecule has 0 saturated carbocycles. The predicted molar refractivity (Wildman–Crippen MR) is 69.4 cm³/mol. The van der Waals surface area contributed by atoms with E-state index in [9.17, 15) is 9.90 Å². The summed E-state index contributed by atoms with van der Waals surface area (Å²) in [6.07, 6.45) is 4.24. The van der Waals surface area contributed by atoms with Crippen LogP contribution in [0, 0.1) is 6.92 Å². The van der Waals surface area contributed by atoms with Gasteiger partial charge in [0.25, 0.3) is 5.91 Å². The van der Waals surface area contributed by atoms with Crippen LogP contribution in [0.2, 0.25) is 0 Å². The van der Waals surface area contributed by atoms with Crippen LogP contribution < -0.4 is 0 Å². The third kappa shape index (κ3) is 2.69. The number of likely N-dealkylation sites (tertiary alicyclic amines) is 1. The Morgan fingerprint density at radius 2 is 2.35 bits per heavy atom. The minimum atomic E-state index is 0.00602. The normalized spacial score (nSPS) is 21.3. The van der Waals surface area contributed by atoms with Crippen molar-refractivity contribution in [2.45, 2.75) is 38.6 Å². The SMILES string of the molecule is Cc1ccsc1C(=O)N1CCCCCC1CO. The molecule has 2 rings (SSSR count). The maximum absolute atomic E-state index is 12.4. The average Bonchev–Trinajstić information content (AvgIpc) is 2.64. The van der Waals surface area contributed by atoms with Crippen LogP contribution in [0.3, 0.4) is 0 Å². The van der Waals surface area contributed by atoms with Gasteiger partial charge in [-0.2, -0.15) is 0 Å². The molecular formula is C13H19NO2S. The Balaban J connectivity index is 2.18. The van der Waals surface area contributed by atoms with Crippen molar-refractivity contribution in [3.8, 4) is 0 Å². The minimum Gasteiger partial charge on any atom is -0.394 e. The first-order valence-corrected chi connectivity index (χ1v) is 7.08. The van der Waals surface area contributed by atoms with Crippen LogP contribution in [-0.2, 0) is 0 Å². The number of aryl methyl sites for hydroxylation is 1. The summed E-state index contributed by atoms with van der Waals surface area (Å²) in [7, 11) is 0. The summed E-state index contributed by atoms with van der Waals surface area (Å²) in [6, 6.07) is 1.98. The first-order valence-electron chi connectivity index (χ1n) is 6.20. The van der Waals surface area contributed by atoms with Gasteiger partial charge in [0.1, 0.15) is 0 Å². The topological polar surface area (TPSA) is 40.5 Å². The lowest BCUT2D eigenvalue weighted by Gasteiger charge is -2.28. The van der Waals surface area contributed by atoms with Crippen molar-refractivity contribution in [2.24, 2.45) is 0 Å². The second-order valence-electron chi connectivity index (χ2n) is 4.62. The van der Waals surface area contributed by atoms with Crippen LogP contribution in [0.1, 0.15) is 40.9 Å². The number of nitrogens with zero attached hydrogens (tertiary/aromatic N) is 1. The number of thiophene rings is 1. The maximum atomic E-state index is 12.4. The highest BCUT2D eigenvalue weighted by atomic mass is 32.1.